The lowest BCUT2D eigenvalue weighted by Crippen LogP contribution is -2.33. The van der Waals surface area contributed by atoms with Crippen LogP contribution in [0.4, 0.5) is 5.82 Å². The molecular formula is C24H27BN3O2. The van der Waals surface area contributed by atoms with Crippen molar-refractivity contribution >= 4 is 30.1 Å². The summed E-state index contributed by atoms with van der Waals surface area (Å²) in [5, 5.41) is 2.01. The molecule has 0 bridgehead atoms. The van der Waals surface area contributed by atoms with Crippen LogP contribution in [0.1, 0.15) is 18.4 Å². The number of carbonyl (C=O) groups is 1. The molecule has 1 radical (unpaired) electrons. The number of rotatable bonds is 7. The first-order valence-corrected chi connectivity index (χ1v) is 10.5. The standard InChI is InChI=1S/C24H27BN3O2/c1-30-23-12-21-20(22(14-27-24(21)26)18-5-3-2-4-6-18)11-19(23)15-28-9-7-17(8-10-28)13-25-16-29/h2-6,11-12,14,16-17H,7-10,13,15H2,1H3,(H2,26,27). The van der Waals surface area contributed by atoms with E-state index in [-0.39, 0.29) is 0 Å². The Morgan fingerprint density at radius 1 is 1.20 bits per heavy atom. The van der Waals surface area contributed by atoms with E-state index in [1.54, 1.807) is 14.4 Å². The van der Waals surface area contributed by atoms with Gasteiger partial charge in [0, 0.05) is 29.3 Å². The van der Waals surface area contributed by atoms with Crippen LogP contribution in [0.15, 0.2) is 48.7 Å². The van der Waals surface area contributed by atoms with Gasteiger partial charge < -0.3 is 15.3 Å². The molecule has 30 heavy (non-hydrogen) atoms. The van der Waals surface area contributed by atoms with Crippen molar-refractivity contribution in [2.75, 3.05) is 25.9 Å². The Balaban J connectivity index is 1.64. The molecule has 153 valence electrons. The smallest absolute Gasteiger partial charge is 0.197 e. The number of hydrogen-bond acceptors (Lipinski definition) is 5. The Morgan fingerprint density at radius 2 is 1.97 bits per heavy atom. The molecule has 0 amide bonds. The second kappa shape index (κ2) is 9.31. The fourth-order valence-electron chi connectivity index (χ4n) is 4.36. The maximum atomic E-state index is 10.6. The van der Waals surface area contributed by atoms with E-state index in [1.165, 1.54) is 0 Å². The number of nitrogens with zero attached hydrogens (tertiary/aromatic N) is 2. The molecule has 0 saturated carbocycles. The van der Waals surface area contributed by atoms with Crippen LogP contribution in [-0.2, 0) is 11.3 Å². The molecule has 5 nitrogen and oxygen atoms in total. The molecule has 3 aromatic rings. The third kappa shape index (κ3) is 4.34. The lowest BCUT2D eigenvalue weighted by atomic mass is 9.69. The lowest BCUT2D eigenvalue weighted by molar-refractivity contribution is 0.183. The van der Waals surface area contributed by atoms with Gasteiger partial charge in [0.15, 0.2) is 7.28 Å². The predicted molar refractivity (Wildman–Crippen MR) is 123 cm³/mol. The maximum Gasteiger partial charge on any atom is 0.197 e. The van der Waals surface area contributed by atoms with Crippen LogP contribution in [0.3, 0.4) is 0 Å². The van der Waals surface area contributed by atoms with E-state index in [2.05, 4.69) is 28.1 Å². The molecule has 0 spiro atoms. The third-order valence-corrected chi connectivity index (χ3v) is 6.07. The van der Waals surface area contributed by atoms with Gasteiger partial charge in [-0.05, 0) is 54.9 Å². The van der Waals surface area contributed by atoms with E-state index in [0.717, 1.165) is 78.2 Å². The highest BCUT2D eigenvalue weighted by Crippen LogP contribution is 2.36. The average molecular weight is 400 g/mol. The highest BCUT2D eigenvalue weighted by atomic mass is 16.5. The van der Waals surface area contributed by atoms with E-state index in [9.17, 15) is 4.79 Å². The largest absolute Gasteiger partial charge is 0.496 e. The quantitative estimate of drug-likeness (QED) is 0.479. The van der Waals surface area contributed by atoms with Gasteiger partial charge in [-0.2, -0.15) is 0 Å². The maximum absolute atomic E-state index is 10.6. The monoisotopic (exact) mass is 400 g/mol. The van der Waals surface area contributed by atoms with Gasteiger partial charge in [-0.15, -0.1) is 0 Å². The van der Waals surface area contributed by atoms with Gasteiger partial charge in [0.25, 0.3) is 0 Å². The van der Waals surface area contributed by atoms with Crippen LogP contribution in [0.5, 0.6) is 5.75 Å². The number of hydrogen-bond donors (Lipinski definition) is 1. The summed E-state index contributed by atoms with van der Waals surface area (Å²) >= 11 is 0. The van der Waals surface area contributed by atoms with Crippen molar-refractivity contribution in [3.8, 4) is 16.9 Å². The first-order chi connectivity index (χ1) is 14.7. The minimum absolute atomic E-state index is 0.516. The van der Waals surface area contributed by atoms with Crippen LogP contribution in [0.2, 0.25) is 6.32 Å². The van der Waals surface area contributed by atoms with Crippen LogP contribution in [0, 0.1) is 5.92 Å². The SMILES string of the molecule is COc1cc2c(N)ncc(-c3ccccc3)c2cc1CN1CCC(C[B]C=O)CC1. The van der Waals surface area contributed by atoms with E-state index < -0.39 is 0 Å². The fraction of sp³-hybridized carbons (Fsp3) is 0.333. The van der Waals surface area contributed by atoms with E-state index in [1.807, 2.05) is 30.5 Å². The molecule has 0 atom stereocenters. The highest BCUT2D eigenvalue weighted by molar-refractivity contribution is 6.66. The van der Waals surface area contributed by atoms with Gasteiger partial charge in [0.2, 0.25) is 0 Å². The molecule has 1 saturated heterocycles. The zero-order chi connectivity index (χ0) is 20.9. The number of carbonyl (C=O) groups excluding carboxylic acids is 1. The number of ether oxygens (including phenoxy) is 1. The summed E-state index contributed by atoms with van der Waals surface area (Å²) in [7, 11) is 3.45. The second-order valence-electron chi connectivity index (χ2n) is 7.96. The van der Waals surface area contributed by atoms with Crippen molar-refractivity contribution in [3.63, 3.8) is 0 Å². The third-order valence-electron chi connectivity index (χ3n) is 6.07. The molecular weight excluding hydrogens is 373 g/mol. The number of anilines is 1. The topological polar surface area (TPSA) is 68.5 Å². The van der Waals surface area contributed by atoms with Crippen molar-refractivity contribution in [2.45, 2.75) is 25.7 Å². The Labute approximate surface area is 178 Å². The fourth-order valence-corrected chi connectivity index (χ4v) is 4.36. The molecule has 2 aromatic carbocycles. The van der Waals surface area contributed by atoms with Crippen molar-refractivity contribution < 1.29 is 9.53 Å². The van der Waals surface area contributed by atoms with Crippen molar-refractivity contribution in [1.82, 2.24) is 9.88 Å². The molecule has 0 unspecified atom stereocenters. The number of piperidine rings is 1. The van der Waals surface area contributed by atoms with Gasteiger partial charge >= 0.3 is 0 Å². The average Bonchev–Trinajstić information content (AvgIpc) is 2.79. The zero-order valence-corrected chi connectivity index (χ0v) is 17.4. The second-order valence-corrected chi connectivity index (χ2v) is 7.96. The molecule has 4 rings (SSSR count). The number of likely N-dealkylation sites (tertiary alicyclic amines) is 1. The normalized spacial score (nSPS) is 15.2. The van der Waals surface area contributed by atoms with Gasteiger partial charge in [-0.1, -0.05) is 36.7 Å². The predicted octanol–water partition coefficient (Wildman–Crippen LogP) is 4.02. The highest BCUT2D eigenvalue weighted by Gasteiger charge is 2.21. The molecule has 1 aliphatic rings. The van der Waals surface area contributed by atoms with E-state index >= 15 is 0 Å². The Morgan fingerprint density at radius 3 is 2.67 bits per heavy atom. The molecule has 1 fully saturated rings. The first-order valence-electron chi connectivity index (χ1n) is 10.5. The van der Waals surface area contributed by atoms with Gasteiger partial charge in [0.05, 0.1) is 13.3 Å². The van der Waals surface area contributed by atoms with Gasteiger partial charge in [-0.25, -0.2) is 4.98 Å². The van der Waals surface area contributed by atoms with E-state index in [4.69, 9.17) is 10.5 Å². The summed E-state index contributed by atoms with van der Waals surface area (Å²) in [5.41, 5.74) is 9.57. The summed E-state index contributed by atoms with van der Waals surface area (Å²) in [4.78, 5) is 17.5. The molecule has 1 aromatic heterocycles. The summed E-state index contributed by atoms with van der Waals surface area (Å²) in [5.74, 6) is 1.97. The Kier molecular flexibility index (Phi) is 6.33. The van der Waals surface area contributed by atoms with Crippen LogP contribution in [-0.4, -0.2) is 43.5 Å². The summed E-state index contributed by atoms with van der Waals surface area (Å²) in [6, 6.07) is 14.5. The molecule has 0 aliphatic carbocycles. The zero-order valence-electron chi connectivity index (χ0n) is 17.4. The number of fused-ring (bicyclic) bond motifs is 1. The van der Waals surface area contributed by atoms with Gasteiger partial charge in [0.1, 0.15) is 11.6 Å². The van der Waals surface area contributed by atoms with Crippen LogP contribution < -0.4 is 10.5 Å². The number of benzene rings is 2. The number of nitrogens with two attached hydrogens (primary N) is 1. The molecule has 2 heterocycles. The summed E-state index contributed by atoms with van der Waals surface area (Å²) in [6.07, 6.45) is 5.90. The summed E-state index contributed by atoms with van der Waals surface area (Å²) < 4.78 is 5.72. The minimum Gasteiger partial charge on any atom is -0.496 e. The Bertz CT molecular complexity index is 1020. The molecule has 6 heteroatoms. The number of aromatic nitrogens is 1. The number of nitrogen functional groups attached to an aromatic ring is 1. The van der Waals surface area contributed by atoms with Gasteiger partial charge in [-0.3, -0.25) is 4.90 Å². The number of pyridine rings is 1. The van der Waals surface area contributed by atoms with Crippen molar-refractivity contribution in [3.05, 3.63) is 54.2 Å². The number of methoxy groups -OCH3 is 1. The molecule has 1 aliphatic heterocycles. The van der Waals surface area contributed by atoms with Crippen molar-refractivity contribution in [2.24, 2.45) is 5.92 Å². The summed E-state index contributed by atoms with van der Waals surface area (Å²) in [6.45, 7) is 2.89. The minimum atomic E-state index is 0.516. The van der Waals surface area contributed by atoms with Crippen LogP contribution in [0.25, 0.3) is 21.9 Å². The van der Waals surface area contributed by atoms with Crippen LogP contribution >= 0.6 is 0 Å². The van der Waals surface area contributed by atoms with E-state index in [0.29, 0.717) is 11.7 Å². The molecule has 2 N–H and O–H groups in total. The van der Waals surface area contributed by atoms with Crippen molar-refractivity contribution in [1.29, 1.82) is 0 Å². The lowest BCUT2D eigenvalue weighted by Gasteiger charge is -2.32. The first kappa shape index (κ1) is 20.4. The Hall–Kier alpha value is -2.86.